The van der Waals surface area contributed by atoms with Crippen molar-refractivity contribution in [1.82, 2.24) is 9.97 Å². The Hall–Kier alpha value is -2.83. The van der Waals surface area contributed by atoms with Crippen LogP contribution in [-0.4, -0.2) is 35.4 Å². The summed E-state index contributed by atoms with van der Waals surface area (Å²) in [5.74, 6) is 1.54. The Morgan fingerprint density at radius 3 is 2.88 bits per heavy atom. The molecule has 1 aliphatic rings. The minimum Gasteiger partial charge on any atom is -0.496 e. The maximum atomic E-state index is 8.70. The second kappa shape index (κ2) is 6.35. The van der Waals surface area contributed by atoms with Gasteiger partial charge in [-0.3, -0.25) is 5.41 Å². The van der Waals surface area contributed by atoms with Gasteiger partial charge in [-0.25, -0.2) is 9.97 Å². The molecule has 0 saturated carbocycles. The first-order valence-corrected chi connectivity index (χ1v) is 7.93. The maximum absolute atomic E-state index is 8.70. The largest absolute Gasteiger partial charge is 0.496 e. The molecule has 2 heterocycles. The standard InChI is InChI=1S/C17H22N6O/c1-9(2)23-17-13(16(19)21-8-22-17)14(18)11-4-5-12-10(6-7-20-12)15(11)24-3/h4-5,8-9,18,20H,6-7H2,1-3H3,(H3,19,21,22,23). The number of nitrogens with zero attached hydrogens (tertiary/aromatic N) is 2. The zero-order chi connectivity index (χ0) is 17.3. The summed E-state index contributed by atoms with van der Waals surface area (Å²) >= 11 is 0. The molecule has 2 aromatic rings. The first-order chi connectivity index (χ1) is 11.5. The number of nitrogens with two attached hydrogens (primary N) is 1. The Morgan fingerprint density at radius 1 is 1.38 bits per heavy atom. The Bertz CT molecular complexity index is 787. The van der Waals surface area contributed by atoms with Crippen LogP contribution in [0.2, 0.25) is 0 Å². The van der Waals surface area contributed by atoms with E-state index >= 15 is 0 Å². The summed E-state index contributed by atoms with van der Waals surface area (Å²) < 4.78 is 5.61. The monoisotopic (exact) mass is 326 g/mol. The molecule has 0 unspecified atom stereocenters. The van der Waals surface area contributed by atoms with Gasteiger partial charge in [-0.2, -0.15) is 0 Å². The van der Waals surface area contributed by atoms with Gasteiger partial charge in [0.15, 0.2) is 0 Å². The number of benzene rings is 1. The molecule has 24 heavy (non-hydrogen) atoms. The average molecular weight is 326 g/mol. The van der Waals surface area contributed by atoms with Gasteiger partial charge in [-0.15, -0.1) is 0 Å². The predicted molar refractivity (Wildman–Crippen MR) is 96.3 cm³/mol. The van der Waals surface area contributed by atoms with E-state index in [1.807, 2.05) is 26.0 Å². The van der Waals surface area contributed by atoms with Gasteiger partial charge in [0.2, 0.25) is 0 Å². The number of methoxy groups -OCH3 is 1. The molecule has 0 amide bonds. The molecule has 1 aliphatic heterocycles. The second-order valence-corrected chi connectivity index (χ2v) is 6.01. The van der Waals surface area contributed by atoms with Crippen molar-refractivity contribution in [1.29, 1.82) is 5.41 Å². The molecule has 5 N–H and O–H groups in total. The van der Waals surface area contributed by atoms with Crippen molar-refractivity contribution in [3.05, 3.63) is 35.2 Å². The van der Waals surface area contributed by atoms with Crippen molar-refractivity contribution in [2.45, 2.75) is 26.3 Å². The number of aromatic nitrogens is 2. The van der Waals surface area contributed by atoms with Crippen LogP contribution >= 0.6 is 0 Å². The first-order valence-electron chi connectivity index (χ1n) is 7.93. The lowest BCUT2D eigenvalue weighted by Crippen LogP contribution is -2.18. The molecule has 0 radical (unpaired) electrons. The van der Waals surface area contributed by atoms with Crippen LogP contribution in [0, 0.1) is 5.41 Å². The van der Waals surface area contributed by atoms with E-state index in [-0.39, 0.29) is 17.6 Å². The highest BCUT2D eigenvalue weighted by Gasteiger charge is 2.24. The van der Waals surface area contributed by atoms with Crippen LogP contribution < -0.4 is 21.1 Å². The lowest BCUT2D eigenvalue weighted by molar-refractivity contribution is 0.410. The summed E-state index contributed by atoms with van der Waals surface area (Å²) in [4.78, 5) is 8.31. The van der Waals surface area contributed by atoms with Gasteiger partial charge in [-0.1, -0.05) is 0 Å². The van der Waals surface area contributed by atoms with E-state index in [0.29, 0.717) is 22.7 Å². The van der Waals surface area contributed by atoms with E-state index in [1.165, 1.54) is 6.33 Å². The van der Waals surface area contributed by atoms with Crippen molar-refractivity contribution >= 4 is 23.0 Å². The fourth-order valence-corrected chi connectivity index (χ4v) is 2.96. The summed E-state index contributed by atoms with van der Waals surface area (Å²) in [5.41, 5.74) is 9.64. The van der Waals surface area contributed by atoms with Crippen LogP contribution in [-0.2, 0) is 6.42 Å². The first kappa shape index (κ1) is 16.0. The minimum atomic E-state index is 0.164. The van der Waals surface area contributed by atoms with Gasteiger partial charge in [-0.05, 0) is 32.4 Å². The summed E-state index contributed by atoms with van der Waals surface area (Å²) in [6, 6.07) is 4.02. The second-order valence-electron chi connectivity index (χ2n) is 6.01. The van der Waals surface area contributed by atoms with Gasteiger partial charge in [0, 0.05) is 29.4 Å². The van der Waals surface area contributed by atoms with E-state index in [1.54, 1.807) is 7.11 Å². The molecule has 0 bridgehead atoms. The van der Waals surface area contributed by atoms with Crippen LogP contribution in [0.25, 0.3) is 0 Å². The average Bonchev–Trinajstić information content (AvgIpc) is 3.01. The molecule has 0 spiro atoms. The summed E-state index contributed by atoms with van der Waals surface area (Å²) in [6.07, 6.45) is 2.28. The zero-order valence-corrected chi connectivity index (χ0v) is 14.1. The lowest BCUT2D eigenvalue weighted by atomic mass is 9.98. The number of hydrogen-bond acceptors (Lipinski definition) is 7. The van der Waals surface area contributed by atoms with E-state index in [9.17, 15) is 0 Å². The Kier molecular flexibility index (Phi) is 4.24. The lowest BCUT2D eigenvalue weighted by Gasteiger charge is -2.18. The van der Waals surface area contributed by atoms with Crippen molar-refractivity contribution in [3.63, 3.8) is 0 Å². The summed E-state index contributed by atoms with van der Waals surface area (Å²) in [6.45, 7) is 4.89. The van der Waals surface area contributed by atoms with Crippen LogP contribution in [0.3, 0.4) is 0 Å². The van der Waals surface area contributed by atoms with Crippen molar-refractivity contribution in [3.8, 4) is 5.75 Å². The molecular weight excluding hydrogens is 304 g/mol. The highest BCUT2D eigenvalue weighted by molar-refractivity contribution is 6.18. The third-order valence-corrected chi connectivity index (χ3v) is 3.98. The number of hydrogen-bond donors (Lipinski definition) is 4. The van der Waals surface area contributed by atoms with Crippen LogP contribution in [0.4, 0.5) is 17.3 Å². The van der Waals surface area contributed by atoms with Gasteiger partial charge < -0.3 is 21.1 Å². The van der Waals surface area contributed by atoms with Gasteiger partial charge in [0.05, 0.1) is 18.4 Å². The van der Waals surface area contributed by atoms with Gasteiger partial charge in [0.1, 0.15) is 23.7 Å². The Balaban J connectivity index is 2.11. The molecule has 1 aromatic carbocycles. The normalized spacial score (nSPS) is 12.7. The summed E-state index contributed by atoms with van der Waals surface area (Å²) in [5, 5.41) is 15.3. The maximum Gasteiger partial charge on any atom is 0.141 e. The number of fused-ring (bicyclic) bond motifs is 1. The topological polar surface area (TPSA) is 109 Å². The third kappa shape index (κ3) is 2.73. The zero-order valence-electron chi connectivity index (χ0n) is 14.1. The molecule has 7 nitrogen and oxygen atoms in total. The van der Waals surface area contributed by atoms with E-state index in [4.69, 9.17) is 15.9 Å². The van der Waals surface area contributed by atoms with Crippen LogP contribution in [0.15, 0.2) is 18.5 Å². The quantitative estimate of drug-likeness (QED) is 0.628. The number of nitrogens with one attached hydrogen (secondary N) is 3. The minimum absolute atomic E-state index is 0.164. The van der Waals surface area contributed by atoms with Gasteiger partial charge >= 0.3 is 0 Å². The van der Waals surface area contributed by atoms with Crippen LogP contribution in [0.1, 0.15) is 30.5 Å². The SMILES string of the molecule is COc1c(C(=N)c2c(N)ncnc2NC(C)C)ccc2c1CCN2. The highest BCUT2D eigenvalue weighted by atomic mass is 16.5. The number of ether oxygens (including phenoxy) is 1. The van der Waals surface area contributed by atoms with E-state index in [0.717, 1.165) is 24.2 Å². The Morgan fingerprint density at radius 2 is 2.17 bits per heavy atom. The summed E-state index contributed by atoms with van der Waals surface area (Å²) in [7, 11) is 1.63. The third-order valence-electron chi connectivity index (χ3n) is 3.98. The number of nitrogen functional groups attached to an aromatic ring is 1. The molecule has 0 saturated heterocycles. The van der Waals surface area contributed by atoms with Gasteiger partial charge in [0.25, 0.3) is 0 Å². The van der Waals surface area contributed by atoms with Crippen molar-refractivity contribution in [2.24, 2.45) is 0 Å². The molecule has 126 valence electrons. The molecule has 0 atom stereocenters. The Labute approximate surface area is 141 Å². The molecular formula is C17H22N6O. The fourth-order valence-electron chi connectivity index (χ4n) is 2.96. The van der Waals surface area contributed by atoms with E-state index in [2.05, 4.69) is 20.6 Å². The fraction of sp³-hybridized carbons (Fsp3) is 0.353. The molecule has 1 aromatic heterocycles. The molecule has 0 fully saturated rings. The molecule has 0 aliphatic carbocycles. The number of rotatable bonds is 5. The predicted octanol–water partition coefficient (Wildman–Crippen LogP) is 2.27. The van der Waals surface area contributed by atoms with E-state index < -0.39 is 0 Å². The van der Waals surface area contributed by atoms with Crippen LogP contribution in [0.5, 0.6) is 5.75 Å². The van der Waals surface area contributed by atoms with Crippen molar-refractivity contribution < 1.29 is 4.74 Å². The smallest absolute Gasteiger partial charge is 0.141 e. The highest BCUT2D eigenvalue weighted by Crippen LogP contribution is 2.36. The molecule has 7 heteroatoms. The number of anilines is 3. The molecule has 3 rings (SSSR count). The van der Waals surface area contributed by atoms with Crippen molar-refractivity contribution in [2.75, 3.05) is 30.0 Å².